The summed E-state index contributed by atoms with van der Waals surface area (Å²) in [5.41, 5.74) is 5.51. The zero-order chi connectivity index (χ0) is 13.2. The molecule has 0 saturated carbocycles. The van der Waals surface area contributed by atoms with E-state index in [1.165, 1.54) is 12.8 Å². The van der Waals surface area contributed by atoms with Gasteiger partial charge in [-0.1, -0.05) is 6.92 Å². The maximum absolute atomic E-state index is 12.1. The second kappa shape index (κ2) is 9.34. The number of hydrogen-bond acceptors (Lipinski definition) is 3. The Bertz CT molecular complexity index is 228. The van der Waals surface area contributed by atoms with E-state index in [4.69, 9.17) is 10.5 Å². The average molecular weight is 256 g/mol. The van der Waals surface area contributed by atoms with Gasteiger partial charge in [0.15, 0.2) is 0 Å². The molecule has 4 nitrogen and oxygen atoms in total. The molecule has 1 aliphatic rings. The third kappa shape index (κ3) is 5.83. The van der Waals surface area contributed by atoms with Crippen molar-refractivity contribution in [2.24, 2.45) is 5.73 Å². The predicted octanol–water partition coefficient (Wildman–Crippen LogP) is 1.92. The quantitative estimate of drug-likeness (QED) is 0.722. The van der Waals surface area contributed by atoms with Crippen molar-refractivity contribution >= 4 is 5.91 Å². The lowest BCUT2D eigenvalue weighted by molar-refractivity contribution is -0.132. The molecule has 1 atom stereocenters. The monoisotopic (exact) mass is 256 g/mol. The molecule has 0 radical (unpaired) electrons. The van der Waals surface area contributed by atoms with E-state index in [0.29, 0.717) is 19.1 Å². The summed E-state index contributed by atoms with van der Waals surface area (Å²) in [7, 11) is 0. The van der Waals surface area contributed by atoms with Gasteiger partial charge in [-0.3, -0.25) is 4.79 Å². The van der Waals surface area contributed by atoms with Crippen molar-refractivity contribution in [3.63, 3.8) is 0 Å². The molecule has 18 heavy (non-hydrogen) atoms. The summed E-state index contributed by atoms with van der Waals surface area (Å²) >= 11 is 0. The highest BCUT2D eigenvalue weighted by molar-refractivity contribution is 5.76. The van der Waals surface area contributed by atoms with Crippen LogP contribution in [0, 0.1) is 0 Å². The molecule has 1 unspecified atom stereocenters. The van der Waals surface area contributed by atoms with Gasteiger partial charge in [0, 0.05) is 26.1 Å². The minimum absolute atomic E-state index is 0.263. The van der Waals surface area contributed by atoms with Gasteiger partial charge in [-0.25, -0.2) is 0 Å². The minimum atomic E-state index is 0.263. The van der Waals surface area contributed by atoms with Gasteiger partial charge in [-0.05, 0) is 45.1 Å². The Morgan fingerprint density at radius 1 is 1.39 bits per heavy atom. The van der Waals surface area contributed by atoms with E-state index in [1.54, 1.807) is 0 Å². The molecule has 0 aliphatic carbocycles. The van der Waals surface area contributed by atoms with E-state index in [9.17, 15) is 4.79 Å². The number of carbonyl (C=O) groups is 1. The first-order chi connectivity index (χ1) is 8.77. The Hall–Kier alpha value is -0.610. The summed E-state index contributed by atoms with van der Waals surface area (Å²) in [6.45, 7) is 5.27. The van der Waals surface area contributed by atoms with Crippen molar-refractivity contribution in [1.82, 2.24) is 4.90 Å². The minimum Gasteiger partial charge on any atom is -0.378 e. The van der Waals surface area contributed by atoms with Gasteiger partial charge < -0.3 is 15.4 Å². The van der Waals surface area contributed by atoms with Crippen LogP contribution < -0.4 is 5.73 Å². The van der Waals surface area contributed by atoms with Crippen LogP contribution in [0.4, 0.5) is 0 Å². The highest BCUT2D eigenvalue weighted by Gasteiger charge is 2.17. The maximum atomic E-state index is 12.1. The van der Waals surface area contributed by atoms with Crippen molar-refractivity contribution in [2.45, 2.75) is 58.0 Å². The van der Waals surface area contributed by atoms with Crippen LogP contribution in [0.15, 0.2) is 0 Å². The molecule has 106 valence electrons. The molecule has 1 aliphatic heterocycles. The fraction of sp³-hybridized carbons (Fsp3) is 0.929. The number of hydrogen-bond donors (Lipinski definition) is 1. The first-order valence-electron chi connectivity index (χ1n) is 7.37. The maximum Gasteiger partial charge on any atom is 0.222 e. The van der Waals surface area contributed by atoms with Crippen LogP contribution in [0.5, 0.6) is 0 Å². The summed E-state index contributed by atoms with van der Waals surface area (Å²) in [6.07, 6.45) is 7.23. The summed E-state index contributed by atoms with van der Waals surface area (Å²) in [6, 6.07) is 0. The lowest BCUT2D eigenvalue weighted by atomic mass is 10.0. The van der Waals surface area contributed by atoms with Crippen molar-refractivity contribution in [3.8, 4) is 0 Å². The largest absolute Gasteiger partial charge is 0.378 e. The van der Waals surface area contributed by atoms with Crippen LogP contribution >= 0.6 is 0 Å². The van der Waals surface area contributed by atoms with Gasteiger partial charge in [-0.15, -0.1) is 0 Å². The highest BCUT2D eigenvalue weighted by atomic mass is 16.5. The normalized spacial score (nSPS) is 19.8. The van der Waals surface area contributed by atoms with E-state index in [1.807, 2.05) is 4.90 Å². The van der Waals surface area contributed by atoms with Crippen molar-refractivity contribution in [3.05, 3.63) is 0 Å². The number of amides is 1. The Morgan fingerprint density at radius 2 is 2.22 bits per heavy atom. The third-order valence-electron chi connectivity index (χ3n) is 3.43. The number of carbonyl (C=O) groups excluding carboxylic acids is 1. The third-order valence-corrected chi connectivity index (χ3v) is 3.43. The molecule has 0 aromatic carbocycles. The Balaban J connectivity index is 2.26. The van der Waals surface area contributed by atoms with Crippen LogP contribution in [-0.2, 0) is 9.53 Å². The van der Waals surface area contributed by atoms with E-state index in [0.717, 1.165) is 45.4 Å². The van der Waals surface area contributed by atoms with Crippen LogP contribution in [0.1, 0.15) is 51.9 Å². The van der Waals surface area contributed by atoms with E-state index in [-0.39, 0.29) is 5.91 Å². The van der Waals surface area contributed by atoms with Gasteiger partial charge in [0.25, 0.3) is 0 Å². The highest BCUT2D eigenvalue weighted by Crippen LogP contribution is 2.17. The zero-order valence-corrected chi connectivity index (χ0v) is 11.7. The molecular formula is C14H28N2O2. The molecule has 1 amide bonds. The van der Waals surface area contributed by atoms with Crippen LogP contribution in [0.2, 0.25) is 0 Å². The topological polar surface area (TPSA) is 55.6 Å². The summed E-state index contributed by atoms with van der Waals surface area (Å²) in [4.78, 5) is 14.1. The van der Waals surface area contributed by atoms with E-state index in [2.05, 4.69) is 6.92 Å². The van der Waals surface area contributed by atoms with Gasteiger partial charge >= 0.3 is 0 Å². The van der Waals surface area contributed by atoms with Gasteiger partial charge in [0.05, 0.1) is 6.10 Å². The number of rotatable bonds is 8. The molecule has 0 bridgehead atoms. The van der Waals surface area contributed by atoms with Crippen molar-refractivity contribution < 1.29 is 9.53 Å². The first-order valence-corrected chi connectivity index (χ1v) is 7.37. The molecule has 1 fully saturated rings. The molecule has 2 N–H and O–H groups in total. The standard InChI is InChI=1S/C14H28N2O2/c1-2-10-16(11-5-9-15)14(17)8-7-13-6-3-4-12-18-13/h13H,2-12,15H2,1H3. The number of nitrogens with zero attached hydrogens (tertiary/aromatic N) is 1. The number of ether oxygens (including phenoxy) is 1. The van der Waals surface area contributed by atoms with Gasteiger partial charge in [0.1, 0.15) is 0 Å². The average Bonchev–Trinajstić information content (AvgIpc) is 2.42. The van der Waals surface area contributed by atoms with Gasteiger partial charge in [-0.2, -0.15) is 0 Å². The zero-order valence-electron chi connectivity index (χ0n) is 11.7. The Kier molecular flexibility index (Phi) is 8.01. The molecule has 0 aromatic rings. The van der Waals surface area contributed by atoms with Crippen LogP contribution in [0.25, 0.3) is 0 Å². The second-order valence-corrected chi connectivity index (χ2v) is 5.05. The molecule has 1 saturated heterocycles. The molecule has 4 heteroatoms. The fourth-order valence-electron chi connectivity index (χ4n) is 2.39. The van der Waals surface area contributed by atoms with E-state index >= 15 is 0 Å². The summed E-state index contributed by atoms with van der Waals surface area (Å²) < 4.78 is 5.66. The molecule has 0 aromatic heterocycles. The van der Waals surface area contributed by atoms with E-state index < -0.39 is 0 Å². The Labute approximate surface area is 111 Å². The van der Waals surface area contributed by atoms with Crippen molar-refractivity contribution in [1.29, 1.82) is 0 Å². The molecule has 1 rings (SSSR count). The lowest BCUT2D eigenvalue weighted by Gasteiger charge is -2.25. The number of nitrogens with two attached hydrogens (primary N) is 1. The first kappa shape index (κ1) is 15.4. The van der Waals surface area contributed by atoms with Crippen LogP contribution in [-0.4, -0.2) is 43.2 Å². The van der Waals surface area contributed by atoms with Crippen molar-refractivity contribution in [2.75, 3.05) is 26.2 Å². The molecular weight excluding hydrogens is 228 g/mol. The SMILES string of the molecule is CCCN(CCCN)C(=O)CCC1CCCCO1. The fourth-order valence-corrected chi connectivity index (χ4v) is 2.39. The van der Waals surface area contributed by atoms with Gasteiger partial charge in [0.2, 0.25) is 5.91 Å². The predicted molar refractivity (Wildman–Crippen MR) is 73.4 cm³/mol. The Morgan fingerprint density at radius 3 is 2.83 bits per heavy atom. The van der Waals surface area contributed by atoms with Crippen LogP contribution in [0.3, 0.4) is 0 Å². The second-order valence-electron chi connectivity index (χ2n) is 5.05. The summed E-state index contributed by atoms with van der Waals surface area (Å²) in [5.74, 6) is 0.263. The lowest BCUT2D eigenvalue weighted by Crippen LogP contribution is -2.34. The molecule has 0 spiro atoms. The summed E-state index contributed by atoms with van der Waals surface area (Å²) in [5, 5.41) is 0. The smallest absolute Gasteiger partial charge is 0.222 e. The molecule has 1 heterocycles.